The number of nitrogens with zero attached hydrogens (tertiary/aromatic N) is 2. The van der Waals surface area contributed by atoms with Gasteiger partial charge in [-0.2, -0.15) is 0 Å². The fraction of sp³-hybridized carbons (Fsp3) is 0.462. The molecule has 2 aromatic rings. The van der Waals surface area contributed by atoms with Gasteiger partial charge in [-0.1, -0.05) is 22.4 Å². The molecule has 17 heavy (non-hydrogen) atoms. The first kappa shape index (κ1) is 11.1. The summed E-state index contributed by atoms with van der Waals surface area (Å²) < 4.78 is 4.67. The Morgan fingerprint density at radius 2 is 2.12 bits per heavy atom. The highest BCUT2D eigenvalue weighted by Gasteiger charge is 2.20. The maximum absolute atomic E-state index is 12.2. The van der Waals surface area contributed by atoms with E-state index in [0.29, 0.717) is 5.92 Å². The topological polar surface area (TPSA) is 26.9 Å². The van der Waals surface area contributed by atoms with E-state index in [1.165, 1.54) is 19.3 Å². The standard InChI is InChI=1S/C13H15BrN2O/c1-15-12-7-10(14)5-6-11(12)16(13(15)17)8-9-3-2-4-9/h5-7,9H,2-4,8H2,1H3. The van der Waals surface area contributed by atoms with Gasteiger partial charge in [-0.25, -0.2) is 4.79 Å². The molecule has 3 nitrogen and oxygen atoms in total. The maximum Gasteiger partial charge on any atom is 0.328 e. The van der Waals surface area contributed by atoms with E-state index in [-0.39, 0.29) is 5.69 Å². The highest BCUT2D eigenvalue weighted by atomic mass is 79.9. The first-order valence-corrected chi connectivity index (χ1v) is 6.81. The van der Waals surface area contributed by atoms with Gasteiger partial charge < -0.3 is 0 Å². The van der Waals surface area contributed by atoms with E-state index in [2.05, 4.69) is 15.9 Å². The van der Waals surface area contributed by atoms with Crippen molar-refractivity contribution in [2.75, 3.05) is 0 Å². The van der Waals surface area contributed by atoms with Crippen LogP contribution in [0.2, 0.25) is 0 Å². The van der Waals surface area contributed by atoms with Crippen LogP contribution in [-0.2, 0) is 13.6 Å². The highest BCUT2D eigenvalue weighted by molar-refractivity contribution is 9.10. The number of hydrogen-bond acceptors (Lipinski definition) is 1. The average molecular weight is 295 g/mol. The van der Waals surface area contributed by atoms with Gasteiger partial charge in [0.05, 0.1) is 11.0 Å². The minimum absolute atomic E-state index is 0.102. The Labute approximate surface area is 108 Å². The quantitative estimate of drug-likeness (QED) is 0.837. The summed E-state index contributed by atoms with van der Waals surface area (Å²) in [6, 6.07) is 6.03. The van der Waals surface area contributed by atoms with E-state index in [1.54, 1.807) is 4.57 Å². The summed E-state index contributed by atoms with van der Waals surface area (Å²) in [5, 5.41) is 0. The molecule has 0 amide bonds. The minimum atomic E-state index is 0.102. The van der Waals surface area contributed by atoms with Crippen molar-refractivity contribution in [3.63, 3.8) is 0 Å². The van der Waals surface area contributed by atoms with Crippen molar-refractivity contribution >= 4 is 27.0 Å². The predicted octanol–water partition coefficient (Wildman–Crippen LogP) is 2.90. The zero-order chi connectivity index (χ0) is 12.0. The molecule has 0 N–H and O–H groups in total. The number of imidazole rings is 1. The Morgan fingerprint density at radius 3 is 2.76 bits per heavy atom. The third-order valence-electron chi connectivity index (χ3n) is 3.77. The van der Waals surface area contributed by atoms with Gasteiger partial charge in [0.2, 0.25) is 0 Å². The molecule has 1 fully saturated rings. The van der Waals surface area contributed by atoms with Crippen LogP contribution in [0.5, 0.6) is 0 Å². The van der Waals surface area contributed by atoms with Crippen molar-refractivity contribution in [2.45, 2.75) is 25.8 Å². The molecule has 1 aromatic carbocycles. The SMILES string of the molecule is Cn1c(=O)n(CC2CCC2)c2ccc(Br)cc21. The summed E-state index contributed by atoms with van der Waals surface area (Å²) >= 11 is 3.45. The van der Waals surface area contributed by atoms with Crippen molar-refractivity contribution < 1.29 is 0 Å². The Morgan fingerprint density at radius 1 is 1.35 bits per heavy atom. The maximum atomic E-state index is 12.2. The summed E-state index contributed by atoms with van der Waals surface area (Å²) in [7, 11) is 1.84. The second-order valence-electron chi connectivity index (χ2n) is 4.88. The molecule has 0 radical (unpaired) electrons. The molecule has 0 spiro atoms. The van der Waals surface area contributed by atoms with Gasteiger partial charge in [-0.15, -0.1) is 0 Å². The van der Waals surface area contributed by atoms with Crippen LogP contribution in [0.3, 0.4) is 0 Å². The number of hydrogen-bond donors (Lipinski definition) is 0. The van der Waals surface area contributed by atoms with Crippen molar-refractivity contribution in [1.29, 1.82) is 0 Å². The summed E-state index contributed by atoms with van der Waals surface area (Å²) in [5.74, 6) is 0.696. The van der Waals surface area contributed by atoms with Gasteiger partial charge in [0.25, 0.3) is 0 Å². The van der Waals surface area contributed by atoms with E-state index in [9.17, 15) is 4.79 Å². The van der Waals surface area contributed by atoms with E-state index in [4.69, 9.17) is 0 Å². The normalized spacial score (nSPS) is 16.4. The number of benzene rings is 1. The zero-order valence-corrected chi connectivity index (χ0v) is 11.4. The molecule has 1 aromatic heterocycles. The zero-order valence-electron chi connectivity index (χ0n) is 9.82. The van der Waals surface area contributed by atoms with Gasteiger partial charge >= 0.3 is 5.69 Å². The lowest BCUT2D eigenvalue weighted by Crippen LogP contribution is -2.27. The lowest BCUT2D eigenvalue weighted by Gasteiger charge is -2.25. The molecule has 0 saturated heterocycles. The lowest BCUT2D eigenvalue weighted by molar-refractivity contribution is 0.276. The van der Waals surface area contributed by atoms with E-state index >= 15 is 0 Å². The Bertz CT molecular complexity index is 622. The third kappa shape index (κ3) is 1.75. The molecular weight excluding hydrogens is 280 g/mol. The molecule has 1 aliphatic rings. The third-order valence-corrected chi connectivity index (χ3v) is 4.27. The first-order chi connectivity index (χ1) is 8.16. The average Bonchev–Trinajstić information content (AvgIpc) is 2.48. The Hall–Kier alpha value is -1.03. The van der Waals surface area contributed by atoms with E-state index in [0.717, 1.165) is 22.1 Å². The molecule has 0 unspecified atom stereocenters. The smallest absolute Gasteiger partial charge is 0.295 e. The van der Waals surface area contributed by atoms with Crippen molar-refractivity contribution in [3.05, 3.63) is 33.2 Å². The van der Waals surface area contributed by atoms with Crippen molar-refractivity contribution in [2.24, 2.45) is 13.0 Å². The molecule has 90 valence electrons. The van der Waals surface area contributed by atoms with Crippen LogP contribution in [0, 0.1) is 5.92 Å². The summed E-state index contributed by atoms with van der Waals surface area (Å²) in [5.41, 5.74) is 2.15. The number of fused-ring (bicyclic) bond motifs is 1. The van der Waals surface area contributed by atoms with E-state index < -0.39 is 0 Å². The van der Waals surface area contributed by atoms with Crippen LogP contribution in [0.4, 0.5) is 0 Å². The highest BCUT2D eigenvalue weighted by Crippen LogP contribution is 2.29. The van der Waals surface area contributed by atoms with Crippen LogP contribution in [0.15, 0.2) is 27.5 Å². The fourth-order valence-electron chi connectivity index (χ4n) is 2.49. The van der Waals surface area contributed by atoms with Gasteiger partial charge in [0.15, 0.2) is 0 Å². The number of halogens is 1. The van der Waals surface area contributed by atoms with Gasteiger partial charge in [0.1, 0.15) is 0 Å². The van der Waals surface area contributed by atoms with Crippen LogP contribution >= 0.6 is 15.9 Å². The van der Waals surface area contributed by atoms with Crippen LogP contribution in [0.1, 0.15) is 19.3 Å². The van der Waals surface area contributed by atoms with Crippen molar-refractivity contribution in [1.82, 2.24) is 9.13 Å². The van der Waals surface area contributed by atoms with Crippen LogP contribution in [-0.4, -0.2) is 9.13 Å². The lowest BCUT2D eigenvalue weighted by atomic mass is 9.85. The first-order valence-electron chi connectivity index (χ1n) is 6.01. The molecule has 0 aliphatic heterocycles. The molecular formula is C13H15BrN2O. The summed E-state index contributed by atoms with van der Waals surface area (Å²) in [6.07, 6.45) is 3.84. The van der Waals surface area contributed by atoms with E-state index in [1.807, 2.05) is 29.8 Å². The molecule has 4 heteroatoms. The van der Waals surface area contributed by atoms with Gasteiger partial charge in [0, 0.05) is 18.1 Å². The van der Waals surface area contributed by atoms with Crippen molar-refractivity contribution in [3.8, 4) is 0 Å². The largest absolute Gasteiger partial charge is 0.328 e. The summed E-state index contributed by atoms with van der Waals surface area (Å²) in [6.45, 7) is 0.873. The Balaban J connectivity index is 2.15. The van der Waals surface area contributed by atoms with Crippen LogP contribution in [0.25, 0.3) is 11.0 Å². The minimum Gasteiger partial charge on any atom is -0.295 e. The fourth-order valence-corrected chi connectivity index (χ4v) is 2.84. The van der Waals surface area contributed by atoms with Crippen LogP contribution < -0.4 is 5.69 Å². The monoisotopic (exact) mass is 294 g/mol. The number of aryl methyl sites for hydroxylation is 1. The van der Waals surface area contributed by atoms with Gasteiger partial charge in [-0.3, -0.25) is 9.13 Å². The molecule has 1 heterocycles. The second kappa shape index (κ2) is 4.02. The molecule has 1 saturated carbocycles. The molecule has 0 bridgehead atoms. The summed E-state index contributed by atoms with van der Waals surface area (Å²) in [4.78, 5) is 12.2. The molecule has 0 atom stereocenters. The van der Waals surface area contributed by atoms with Gasteiger partial charge in [-0.05, 0) is 37.0 Å². The second-order valence-corrected chi connectivity index (χ2v) is 5.80. The predicted molar refractivity (Wildman–Crippen MR) is 72.2 cm³/mol. The molecule has 3 rings (SSSR count). The number of aromatic nitrogens is 2. The molecule has 1 aliphatic carbocycles. The number of rotatable bonds is 2. The Kier molecular flexibility index (Phi) is 2.62.